The molecule has 3 aromatic rings. The van der Waals surface area contributed by atoms with Crippen LogP contribution in [-0.2, 0) is 13.6 Å². The van der Waals surface area contributed by atoms with E-state index in [0.717, 1.165) is 10.2 Å². The van der Waals surface area contributed by atoms with Crippen LogP contribution in [0.15, 0.2) is 41.8 Å². The SMILES string of the molecule is Cc1nn(C)c(F)c1C=NNC(=O)c1ccc(Cn2cc(Cl)cn2)cc1. The van der Waals surface area contributed by atoms with E-state index in [1.165, 1.54) is 13.3 Å². The van der Waals surface area contributed by atoms with E-state index in [2.05, 4.69) is 20.7 Å². The molecule has 0 radical (unpaired) electrons. The molecule has 3 rings (SSSR count). The third-order valence-corrected chi connectivity index (χ3v) is 3.91. The Labute approximate surface area is 154 Å². The minimum Gasteiger partial charge on any atom is -0.267 e. The Morgan fingerprint density at radius 1 is 1.38 bits per heavy atom. The molecule has 2 heterocycles. The predicted molar refractivity (Wildman–Crippen MR) is 95.7 cm³/mol. The summed E-state index contributed by atoms with van der Waals surface area (Å²) in [5.74, 6) is -0.902. The Morgan fingerprint density at radius 2 is 2.12 bits per heavy atom. The minimum atomic E-state index is -0.511. The van der Waals surface area contributed by atoms with Gasteiger partial charge in [0.2, 0.25) is 5.95 Å². The summed E-state index contributed by atoms with van der Waals surface area (Å²) in [6.45, 7) is 2.21. The van der Waals surface area contributed by atoms with Crippen LogP contribution < -0.4 is 5.43 Å². The van der Waals surface area contributed by atoms with Crippen molar-refractivity contribution in [1.82, 2.24) is 25.0 Å². The highest BCUT2D eigenvalue weighted by Crippen LogP contribution is 2.10. The van der Waals surface area contributed by atoms with Crippen LogP contribution in [0.1, 0.15) is 27.2 Å². The molecule has 7 nitrogen and oxygen atoms in total. The van der Waals surface area contributed by atoms with Gasteiger partial charge in [-0.25, -0.2) is 10.1 Å². The van der Waals surface area contributed by atoms with E-state index in [1.54, 1.807) is 36.1 Å². The maximum Gasteiger partial charge on any atom is 0.271 e. The summed E-state index contributed by atoms with van der Waals surface area (Å²) in [7, 11) is 1.50. The van der Waals surface area contributed by atoms with Crippen molar-refractivity contribution >= 4 is 23.7 Å². The summed E-state index contributed by atoms with van der Waals surface area (Å²) < 4.78 is 16.6. The highest BCUT2D eigenvalue weighted by atomic mass is 35.5. The van der Waals surface area contributed by atoms with E-state index < -0.39 is 11.9 Å². The Balaban J connectivity index is 1.62. The maximum atomic E-state index is 13.8. The van der Waals surface area contributed by atoms with Gasteiger partial charge in [0, 0.05) is 18.8 Å². The third-order valence-electron chi connectivity index (χ3n) is 3.72. The molecule has 0 aliphatic carbocycles. The molecule has 0 spiro atoms. The van der Waals surface area contributed by atoms with E-state index in [1.807, 2.05) is 12.1 Å². The Bertz CT molecular complexity index is 960. The topological polar surface area (TPSA) is 77.1 Å². The van der Waals surface area contributed by atoms with Crippen LogP contribution in [0.5, 0.6) is 0 Å². The molecule has 2 aromatic heterocycles. The summed E-state index contributed by atoms with van der Waals surface area (Å²) in [4.78, 5) is 12.1. The number of aromatic nitrogens is 4. The van der Waals surface area contributed by atoms with Gasteiger partial charge in [0.15, 0.2) is 0 Å². The number of nitrogens with zero attached hydrogens (tertiary/aromatic N) is 5. The zero-order valence-corrected chi connectivity index (χ0v) is 14.9. The fourth-order valence-electron chi connectivity index (χ4n) is 2.39. The van der Waals surface area contributed by atoms with E-state index in [-0.39, 0.29) is 5.56 Å². The number of nitrogens with one attached hydrogen (secondary N) is 1. The van der Waals surface area contributed by atoms with Gasteiger partial charge >= 0.3 is 0 Å². The number of amides is 1. The first-order chi connectivity index (χ1) is 12.4. The monoisotopic (exact) mass is 374 g/mol. The third kappa shape index (κ3) is 3.97. The van der Waals surface area contributed by atoms with Gasteiger partial charge < -0.3 is 0 Å². The molecular formula is C17H16ClFN6O. The molecule has 9 heteroatoms. The number of carbonyl (C=O) groups is 1. The zero-order valence-electron chi connectivity index (χ0n) is 14.1. The van der Waals surface area contributed by atoms with E-state index in [4.69, 9.17) is 11.6 Å². The number of halogens is 2. The average molecular weight is 375 g/mol. The van der Waals surface area contributed by atoms with Crippen LogP contribution in [0, 0.1) is 12.9 Å². The molecule has 0 unspecified atom stereocenters. The fraction of sp³-hybridized carbons (Fsp3) is 0.176. The van der Waals surface area contributed by atoms with Crippen LogP contribution in [0.25, 0.3) is 0 Å². The highest BCUT2D eigenvalue weighted by molar-refractivity contribution is 6.30. The Morgan fingerprint density at radius 3 is 2.69 bits per heavy atom. The van der Waals surface area contributed by atoms with Crippen LogP contribution in [-0.4, -0.2) is 31.7 Å². The lowest BCUT2D eigenvalue weighted by Crippen LogP contribution is -2.17. The van der Waals surface area contributed by atoms with Gasteiger partial charge in [-0.2, -0.15) is 19.7 Å². The fourth-order valence-corrected chi connectivity index (χ4v) is 2.54. The predicted octanol–water partition coefficient (Wildman–Crippen LogP) is 2.53. The van der Waals surface area contributed by atoms with Crippen molar-refractivity contribution in [1.29, 1.82) is 0 Å². The number of benzene rings is 1. The average Bonchev–Trinajstić information content (AvgIpc) is 3.12. The van der Waals surface area contributed by atoms with Crippen LogP contribution in [0.2, 0.25) is 5.02 Å². The van der Waals surface area contributed by atoms with Gasteiger partial charge in [-0.1, -0.05) is 23.7 Å². The van der Waals surface area contributed by atoms with Gasteiger partial charge in [0.05, 0.1) is 35.2 Å². The molecule has 26 heavy (non-hydrogen) atoms. The number of hydrogen-bond acceptors (Lipinski definition) is 4. The van der Waals surface area contributed by atoms with Gasteiger partial charge in [0.25, 0.3) is 5.91 Å². The van der Waals surface area contributed by atoms with Crippen molar-refractivity contribution in [3.63, 3.8) is 0 Å². The number of aryl methyl sites for hydroxylation is 2. The van der Waals surface area contributed by atoms with E-state index in [0.29, 0.717) is 22.8 Å². The number of hydrazone groups is 1. The van der Waals surface area contributed by atoms with Crippen LogP contribution in [0.4, 0.5) is 4.39 Å². The molecule has 0 atom stereocenters. The first-order valence-corrected chi connectivity index (χ1v) is 8.11. The molecule has 0 fully saturated rings. The van der Waals surface area contributed by atoms with Crippen LogP contribution >= 0.6 is 11.6 Å². The second kappa shape index (κ2) is 7.49. The molecule has 0 saturated heterocycles. The van der Waals surface area contributed by atoms with Crippen molar-refractivity contribution < 1.29 is 9.18 Å². The lowest BCUT2D eigenvalue weighted by Gasteiger charge is -2.04. The van der Waals surface area contributed by atoms with Crippen molar-refractivity contribution in [2.45, 2.75) is 13.5 Å². The first-order valence-electron chi connectivity index (χ1n) is 7.73. The van der Waals surface area contributed by atoms with Gasteiger partial charge in [-0.15, -0.1) is 0 Å². The molecule has 0 aliphatic heterocycles. The maximum absolute atomic E-state index is 13.8. The summed E-state index contributed by atoms with van der Waals surface area (Å²) >= 11 is 5.83. The van der Waals surface area contributed by atoms with Gasteiger partial charge in [-0.05, 0) is 24.6 Å². The molecular weight excluding hydrogens is 359 g/mol. The Hall–Kier alpha value is -3.00. The van der Waals surface area contributed by atoms with Crippen molar-refractivity contribution in [2.24, 2.45) is 12.1 Å². The largest absolute Gasteiger partial charge is 0.271 e. The normalized spacial score (nSPS) is 11.2. The number of hydrogen-bond donors (Lipinski definition) is 1. The molecule has 1 aromatic carbocycles. The summed E-state index contributed by atoms with van der Waals surface area (Å²) in [6.07, 6.45) is 4.52. The van der Waals surface area contributed by atoms with E-state index in [9.17, 15) is 9.18 Å². The second-order valence-electron chi connectivity index (χ2n) is 5.67. The molecule has 0 aliphatic rings. The van der Waals surface area contributed by atoms with Gasteiger partial charge in [-0.3, -0.25) is 9.48 Å². The quantitative estimate of drug-likeness (QED) is 0.550. The van der Waals surface area contributed by atoms with Crippen LogP contribution in [0.3, 0.4) is 0 Å². The standard InChI is InChI=1S/C17H16ClFN6O/c1-11-15(16(19)24(2)23-11)8-20-22-17(26)13-5-3-12(4-6-13)9-25-10-14(18)7-21-25/h3-8,10H,9H2,1-2H3,(H,22,26). The lowest BCUT2D eigenvalue weighted by molar-refractivity contribution is 0.0955. The molecule has 0 bridgehead atoms. The molecule has 134 valence electrons. The second-order valence-corrected chi connectivity index (χ2v) is 6.10. The number of rotatable bonds is 5. The molecule has 0 saturated carbocycles. The Kier molecular flexibility index (Phi) is 5.13. The summed E-state index contributed by atoms with van der Waals surface area (Å²) in [6, 6.07) is 7.00. The lowest BCUT2D eigenvalue weighted by atomic mass is 10.1. The highest BCUT2D eigenvalue weighted by Gasteiger charge is 2.11. The molecule has 1 N–H and O–H groups in total. The molecule has 1 amide bonds. The number of carbonyl (C=O) groups excluding carboxylic acids is 1. The van der Waals surface area contributed by atoms with E-state index >= 15 is 0 Å². The van der Waals surface area contributed by atoms with Crippen molar-refractivity contribution in [3.05, 3.63) is 70.0 Å². The summed E-state index contributed by atoms with van der Waals surface area (Å²) in [5.41, 5.74) is 4.51. The smallest absolute Gasteiger partial charge is 0.267 e. The van der Waals surface area contributed by atoms with Crippen molar-refractivity contribution in [2.75, 3.05) is 0 Å². The van der Waals surface area contributed by atoms with Crippen molar-refractivity contribution in [3.8, 4) is 0 Å². The van der Waals surface area contributed by atoms with Gasteiger partial charge in [0.1, 0.15) is 0 Å². The minimum absolute atomic E-state index is 0.237. The zero-order chi connectivity index (χ0) is 18.7. The summed E-state index contributed by atoms with van der Waals surface area (Å²) in [5, 5.41) is 12.4. The first kappa shape index (κ1) is 17.8.